The number of amides is 2. The van der Waals surface area contributed by atoms with Crippen molar-refractivity contribution in [2.45, 2.75) is 52.5 Å². The molecular weight excluding hydrogens is 346 g/mol. The first-order chi connectivity index (χ1) is 12.8. The summed E-state index contributed by atoms with van der Waals surface area (Å²) in [4.78, 5) is 30.3. The number of ether oxygens (including phenoxy) is 1. The second-order valence-corrected chi connectivity index (χ2v) is 7.45. The van der Waals surface area contributed by atoms with Gasteiger partial charge in [0.2, 0.25) is 11.8 Å². The van der Waals surface area contributed by atoms with Crippen LogP contribution < -0.4 is 21.3 Å². The minimum atomic E-state index is -0.611. The highest BCUT2D eigenvalue weighted by atomic mass is 16.5. The van der Waals surface area contributed by atoms with Gasteiger partial charge in [0.25, 0.3) is 0 Å². The standard InChI is InChI=1S/C19H31N5O3/c1-12(2)18(20)19(26)23-9-17(25)22-8-15-5-6-16(21-7-15)24-10-13(3)27-14(4)11-24/h5-7,12-14,18H,8-11,20H2,1-4H3,(H,22,25)(H,23,26)/t13?,14?,18-/m0/s1. The first-order valence-electron chi connectivity index (χ1n) is 9.41. The Morgan fingerprint density at radius 1 is 1.26 bits per heavy atom. The van der Waals surface area contributed by atoms with Crippen molar-refractivity contribution >= 4 is 17.6 Å². The predicted molar refractivity (Wildman–Crippen MR) is 104 cm³/mol. The van der Waals surface area contributed by atoms with E-state index < -0.39 is 6.04 Å². The molecule has 2 unspecified atom stereocenters. The van der Waals surface area contributed by atoms with Crippen LogP contribution in [0, 0.1) is 5.92 Å². The first kappa shape index (κ1) is 21.1. The van der Waals surface area contributed by atoms with Crippen LogP contribution in [0.5, 0.6) is 0 Å². The zero-order chi connectivity index (χ0) is 20.0. The van der Waals surface area contributed by atoms with E-state index in [0.717, 1.165) is 24.5 Å². The van der Waals surface area contributed by atoms with E-state index in [1.165, 1.54) is 0 Å². The maximum Gasteiger partial charge on any atom is 0.239 e. The third-order valence-corrected chi connectivity index (χ3v) is 4.49. The number of carbonyl (C=O) groups excluding carboxylic acids is 2. The van der Waals surface area contributed by atoms with Gasteiger partial charge in [-0.1, -0.05) is 19.9 Å². The van der Waals surface area contributed by atoms with E-state index in [4.69, 9.17) is 10.5 Å². The number of nitrogens with one attached hydrogen (secondary N) is 2. The van der Waals surface area contributed by atoms with Crippen LogP contribution in [0.1, 0.15) is 33.3 Å². The molecule has 1 aromatic heterocycles. The highest BCUT2D eigenvalue weighted by Gasteiger charge is 2.23. The summed E-state index contributed by atoms with van der Waals surface area (Å²) in [6, 6.07) is 3.29. The lowest BCUT2D eigenvalue weighted by Crippen LogP contribution is -2.47. The van der Waals surface area contributed by atoms with E-state index in [-0.39, 0.29) is 36.5 Å². The first-order valence-corrected chi connectivity index (χ1v) is 9.41. The summed E-state index contributed by atoms with van der Waals surface area (Å²) in [5.74, 6) is 0.344. The van der Waals surface area contributed by atoms with Gasteiger partial charge >= 0.3 is 0 Å². The van der Waals surface area contributed by atoms with Gasteiger partial charge in [-0.3, -0.25) is 9.59 Å². The van der Waals surface area contributed by atoms with Gasteiger partial charge < -0.3 is 26.0 Å². The Bertz CT molecular complexity index is 625. The average Bonchev–Trinajstić information content (AvgIpc) is 2.63. The second-order valence-electron chi connectivity index (χ2n) is 7.45. The Labute approximate surface area is 160 Å². The number of rotatable bonds is 7. The summed E-state index contributed by atoms with van der Waals surface area (Å²) in [6.07, 6.45) is 2.11. The van der Waals surface area contributed by atoms with Crippen molar-refractivity contribution in [1.29, 1.82) is 0 Å². The van der Waals surface area contributed by atoms with Gasteiger partial charge in [-0.15, -0.1) is 0 Å². The van der Waals surface area contributed by atoms with Gasteiger partial charge in [0.1, 0.15) is 5.82 Å². The molecule has 0 bridgehead atoms. The zero-order valence-electron chi connectivity index (χ0n) is 16.6. The number of nitrogens with two attached hydrogens (primary N) is 1. The van der Waals surface area contributed by atoms with Gasteiger partial charge in [-0.2, -0.15) is 0 Å². The van der Waals surface area contributed by atoms with Crippen LogP contribution in [0.15, 0.2) is 18.3 Å². The van der Waals surface area contributed by atoms with E-state index >= 15 is 0 Å². The molecule has 0 radical (unpaired) electrons. The molecule has 1 aliphatic rings. The van der Waals surface area contributed by atoms with Crippen LogP contribution >= 0.6 is 0 Å². The van der Waals surface area contributed by atoms with Crippen molar-refractivity contribution in [1.82, 2.24) is 15.6 Å². The molecule has 0 spiro atoms. The van der Waals surface area contributed by atoms with Crippen LogP contribution in [0.2, 0.25) is 0 Å². The third kappa shape index (κ3) is 6.48. The summed E-state index contributed by atoms with van der Waals surface area (Å²) in [5, 5.41) is 5.32. The number of aromatic nitrogens is 1. The number of carbonyl (C=O) groups is 2. The van der Waals surface area contributed by atoms with Crippen LogP contribution in [0.4, 0.5) is 5.82 Å². The molecule has 1 aromatic rings. The monoisotopic (exact) mass is 377 g/mol. The minimum Gasteiger partial charge on any atom is -0.372 e. The highest BCUT2D eigenvalue weighted by Crippen LogP contribution is 2.18. The lowest BCUT2D eigenvalue weighted by atomic mass is 10.1. The van der Waals surface area contributed by atoms with Gasteiger partial charge in [0.05, 0.1) is 24.8 Å². The number of morpholine rings is 1. The SMILES string of the molecule is CC1CN(c2ccc(CNC(=O)CNC(=O)[C@@H](N)C(C)C)cn2)CC(C)O1. The van der Waals surface area contributed by atoms with Crippen LogP contribution in [0.25, 0.3) is 0 Å². The van der Waals surface area contributed by atoms with Crippen molar-refractivity contribution in [3.63, 3.8) is 0 Å². The van der Waals surface area contributed by atoms with Gasteiger partial charge in [-0.25, -0.2) is 4.98 Å². The Morgan fingerprint density at radius 3 is 2.48 bits per heavy atom. The molecule has 2 heterocycles. The molecule has 1 fully saturated rings. The fourth-order valence-corrected chi connectivity index (χ4v) is 2.92. The molecule has 27 heavy (non-hydrogen) atoms. The number of pyridine rings is 1. The van der Waals surface area contributed by atoms with Crippen molar-refractivity contribution in [2.24, 2.45) is 11.7 Å². The van der Waals surface area contributed by atoms with Gasteiger partial charge in [-0.05, 0) is 31.4 Å². The summed E-state index contributed by atoms with van der Waals surface area (Å²) in [6.45, 7) is 9.72. The Hall–Kier alpha value is -2.19. The Kier molecular flexibility index (Phi) is 7.55. The molecule has 1 aliphatic heterocycles. The lowest BCUT2D eigenvalue weighted by Gasteiger charge is -2.36. The summed E-state index contributed by atoms with van der Waals surface area (Å²) >= 11 is 0. The van der Waals surface area contributed by atoms with Gasteiger partial charge in [0, 0.05) is 25.8 Å². The van der Waals surface area contributed by atoms with Crippen LogP contribution in [-0.2, 0) is 20.9 Å². The van der Waals surface area contributed by atoms with E-state index in [9.17, 15) is 9.59 Å². The maximum absolute atomic E-state index is 11.9. The molecule has 150 valence electrons. The average molecular weight is 377 g/mol. The van der Waals surface area contributed by atoms with Crippen molar-refractivity contribution in [3.05, 3.63) is 23.9 Å². The molecule has 0 aliphatic carbocycles. The molecular formula is C19H31N5O3. The fraction of sp³-hybridized carbons (Fsp3) is 0.632. The summed E-state index contributed by atoms with van der Waals surface area (Å²) < 4.78 is 5.74. The number of nitrogens with zero attached hydrogens (tertiary/aromatic N) is 2. The zero-order valence-corrected chi connectivity index (χ0v) is 16.6. The molecule has 0 aromatic carbocycles. The number of hydrogen-bond donors (Lipinski definition) is 3. The van der Waals surface area contributed by atoms with E-state index in [2.05, 4.69) is 34.4 Å². The second kappa shape index (κ2) is 9.66. The largest absolute Gasteiger partial charge is 0.372 e. The quantitative estimate of drug-likeness (QED) is 0.635. The summed E-state index contributed by atoms with van der Waals surface area (Å²) in [7, 11) is 0. The Morgan fingerprint density at radius 2 is 1.93 bits per heavy atom. The van der Waals surface area contributed by atoms with Crippen molar-refractivity contribution in [2.75, 3.05) is 24.5 Å². The maximum atomic E-state index is 11.9. The highest BCUT2D eigenvalue weighted by molar-refractivity contribution is 5.87. The van der Waals surface area contributed by atoms with Gasteiger partial charge in [0.15, 0.2) is 0 Å². The normalized spacial score (nSPS) is 21.0. The molecule has 8 heteroatoms. The molecule has 2 rings (SSSR count). The van der Waals surface area contributed by atoms with E-state index in [0.29, 0.717) is 6.54 Å². The van der Waals surface area contributed by atoms with Crippen LogP contribution in [0.3, 0.4) is 0 Å². The number of hydrogen-bond acceptors (Lipinski definition) is 6. The van der Waals surface area contributed by atoms with E-state index in [1.54, 1.807) is 6.20 Å². The number of anilines is 1. The lowest BCUT2D eigenvalue weighted by molar-refractivity contribution is -0.127. The minimum absolute atomic E-state index is 0.0232. The fourth-order valence-electron chi connectivity index (χ4n) is 2.92. The molecule has 1 saturated heterocycles. The predicted octanol–water partition coefficient (Wildman–Crippen LogP) is 0.411. The molecule has 8 nitrogen and oxygen atoms in total. The molecule has 4 N–H and O–H groups in total. The molecule has 0 saturated carbocycles. The summed E-state index contributed by atoms with van der Waals surface area (Å²) in [5.41, 5.74) is 6.64. The topological polar surface area (TPSA) is 110 Å². The van der Waals surface area contributed by atoms with E-state index in [1.807, 2.05) is 26.0 Å². The van der Waals surface area contributed by atoms with Crippen LogP contribution in [-0.4, -0.2) is 54.7 Å². The smallest absolute Gasteiger partial charge is 0.239 e. The molecule has 3 atom stereocenters. The molecule has 2 amide bonds. The van der Waals surface area contributed by atoms with Crippen molar-refractivity contribution in [3.8, 4) is 0 Å². The third-order valence-electron chi connectivity index (χ3n) is 4.49. The van der Waals surface area contributed by atoms with Crippen molar-refractivity contribution < 1.29 is 14.3 Å². The Balaban J connectivity index is 1.78.